The monoisotopic (exact) mass is 234 g/mol. The number of nitrogens with one attached hydrogen (secondary N) is 1. The second-order valence-corrected chi connectivity index (χ2v) is 4.70. The zero-order valence-corrected chi connectivity index (χ0v) is 9.14. The Hall–Kier alpha value is -0.620. The minimum Gasteiger partial charge on any atom is -0.216 e. The molecule has 0 aliphatic rings. The Morgan fingerprint density at radius 3 is 2.64 bits per heavy atom. The third kappa shape index (κ3) is 3.63. The molecule has 0 spiro atoms. The minimum absolute atomic E-state index is 0.385. The van der Waals surface area contributed by atoms with Crippen molar-refractivity contribution in [2.24, 2.45) is 5.14 Å². The third-order valence-electron chi connectivity index (χ3n) is 1.69. The fourth-order valence-corrected chi connectivity index (χ4v) is 1.92. The highest BCUT2D eigenvalue weighted by molar-refractivity contribution is 7.87. The van der Waals surface area contributed by atoms with Gasteiger partial charge in [-0.3, -0.25) is 0 Å². The lowest BCUT2D eigenvalue weighted by molar-refractivity contribution is 0.568. The van der Waals surface area contributed by atoms with Gasteiger partial charge in [-0.1, -0.05) is 23.7 Å². The molecule has 0 aliphatic carbocycles. The molecule has 1 rings (SSSR count). The first kappa shape index (κ1) is 11.5. The second kappa shape index (κ2) is 4.27. The van der Waals surface area contributed by atoms with E-state index in [4.69, 9.17) is 16.7 Å². The van der Waals surface area contributed by atoms with Crippen LogP contribution in [0.15, 0.2) is 24.3 Å². The highest BCUT2D eigenvalue weighted by Gasteiger charge is 2.10. The van der Waals surface area contributed by atoms with Crippen molar-refractivity contribution in [2.75, 3.05) is 0 Å². The molecule has 1 unspecified atom stereocenters. The Bertz CT molecular complexity index is 419. The SMILES string of the molecule is CC(NS(N)(=O)=O)c1cccc(Cl)c1. The molecule has 3 N–H and O–H groups in total. The summed E-state index contributed by atoms with van der Waals surface area (Å²) in [6, 6.07) is 6.54. The zero-order valence-electron chi connectivity index (χ0n) is 7.57. The topological polar surface area (TPSA) is 72.2 Å². The van der Waals surface area contributed by atoms with Crippen LogP contribution in [0.25, 0.3) is 0 Å². The van der Waals surface area contributed by atoms with Crippen molar-refractivity contribution >= 4 is 21.8 Å². The summed E-state index contributed by atoms with van der Waals surface area (Å²) < 4.78 is 23.7. The van der Waals surface area contributed by atoms with E-state index in [-0.39, 0.29) is 6.04 Å². The van der Waals surface area contributed by atoms with E-state index in [0.717, 1.165) is 5.56 Å². The third-order valence-corrected chi connectivity index (χ3v) is 2.61. The molecule has 78 valence electrons. The first-order valence-electron chi connectivity index (χ1n) is 3.94. The van der Waals surface area contributed by atoms with Crippen LogP contribution < -0.4 is 9.86 Å². The van der Waals surface area contributed by atoms with E-state index < -0.39 is 10.2 Å². The predicted octanol–water partition coefficient (Wildman–Crippen LogP) is 1.19. The van der Waals surface area contributed by atoms with Crippen LogP contribution in [0, 0.1) is 0 Å². The number of benzene rings is 1. The van der Waals surface area contributed by atoms with Gasteiger partial charge in [-0.25, -0.2) is 5.14 Å². The van der Waals surface area contributed by atoms with E-state index in [0.29, 0.717) is 5.02 Å². The lowest BCUT2D eigenvalue weighted by Crippen LogP contribution is -2.32. The first-order chi connectivity index (χ1) is 6.38. The summed E-state index contributed by atoms with van der Waals surface area (Å²) in [7, 11) is -3.68. The summed E-state index contributed by atoms with van der Waals surface area (Å²) in [4.78, 5) is 0. The molecule has 0 bridgehead atoms. The van der Waals surface area contributed by atoms with Crippen molar-refractivity contribution in [3.63, 3.8) is 0 Å². The summed E-state index contributed by atoms with van der Waals surface area (Å²) in [5.74, 6) is 0. The van der Waals surface area contributed by atoms with E-state index in [2.05, 4.69) is 4.72 Å². The van der Waals surface area contributed by atoms with Gasteiger partial charge in [0, 0.05) is 11.1 Å². The fourth-order valence-electron chi connectivity index (χ4n) is 1.09. The molecule has 1 aromatic rings. The maximum absolute atomic E-state index is 10.7. The summed E-state index contributed by atoms with van der Waals surface area (Å²) in [6.45, 7) is 1.69. The van der Waals surface area contributed by atoms with Gasteiger partial charge in [0.2, 0.25) is 0 Å². The molecule has 0 heterocycles. The molecule has 14 heavy (non-hydrogen) atoms. The largest absolute Gasteiger partial charge is 0.274 e. The van der Waals surface area contributed by atoms with Crippen LogP contribution in [0.5, 0.6) is 0 Å². The van der Waals surface area contributed by atoms with Gasteiger partial charge >= 0.3 is 0 Å². The highest BCUT2D eigenvalue weighted by Crippen LogP contribution is 2.17. The normalized spacial score (nSPS) is 13.9. The quantitative estimate of drug-likeness (QED) is 0.825. The fraction of sp³-hybridized carbons (Fsp3) is 0.250. The van der Waals surface area contributed by atoms with Crippen LogP contribution in [-0.4, -0.2) is 8.42 Å². The van der Waals surface area contributed by atoms with Gasteiger partial charge < -0.3 is 0 Å². The van der Waals surface area contributed by atoms with Crippen LogP contribution in [0.2, 0.25) is 5.02 Å². The number of hydrogen-bond donors (Lipinski definition) is 2. The molecular weight excluding hydrogens is 224 g/mol. The minimum atomic E-state index is -3.68. The smallest absolute Gasteiger partial charge is 0.216 e. The van der Waals surface area contributed by atoms with Crippen molar-refractivity contribution in [1.29, 1.82) is 0 Å². The van der Waals surface area contributed by atoms with Gasteiger partial charge in [-0.2, -0.15) is 13.1 Å². The maximum Gasteiger partial charge on any atom is 0.274 e. The van der Waals surface area contributed by atoms with E-state index >= 15 is 0 Å². The number of nitrogens with two attached hydrogens (primary N) is 1. The van der Waals surface area contributed by atoms with E-state index in [1.807, 2.05) is 0 Å². The van der Waals surface area contributed by atoms with Gasteiger partial charge in [0.05, 0.1) is 0 Å². The van der Waals surface area contributed by atoms with E-state index in [9.17, 15) is 8.42 Å². The lowest BCUT2D eigenvalue weighted by Gasteiger charge is -2.12. The number of hydrogen-bond acceptors (Lipinski definition) is 2. The Labute approximate surface area is 88.3 Å². The van der Waals surface area contributed by atoms with Crippen molar-refractivity contribution in [3.05, 3.63) is 34.9 Å². The summed E-state index contributed by atoms with van der Waals surface area (Å²) in [5.41, 5.74) is 0.770. The second-order valence-electron chi connectivity index (χ2n) is 2.94. The molecule has 0 radical (unpaired) electrons. The number of halogens is 1. The molecule has 1 atom stereocenters. The Morgan fingerprint density at radius 1 is 1.50 bits per heavy atom. The van der Waals surface area contributed by atoms with Gasteiger partial charge in [0.25, 0.3) is 10.2 Å². The van der Waals surface area contributed by atoms with Gasteiger partial charge in [-0.05, 0) is 24.6 Å². The van der Waals surface area contributed by atoms with Gasteiger partial charge in [-0.15, -0.1) is 0 Å². The molecule has 0 saturated heterocycles. The van der Waals surface area contributed by atoms with Crippen LogP contribution in [0.3, 0.4) is 0 Å². The molecule has 6 heteroatoms. The van der Waals surface area contributed by atoms with Gasteiger partial charge in [0.15, 0.2) is 0 Å². The van der Waals surface area contributed by atoms with Crippen LogP contribution in [-0.2, 0) is 10.2 Å². The maximum atomic E-state index is 10.7. The molecule has 4 nitrogen and oxygen atoms in total. The van der Waals surface area contributed by atoms with Crippen LogP contribution >= 0.6 is 11.6 Å². The zero-order chi connectivity index (χ0) is 10.8. The van der Waals surface area contributed by atoms with Crippen molar-refractivity contribution < 1.29 is 8.42 Å². The molecule has 0 saturated carbocycles. The van der Waals surface area contributed by atoms with Crippen molar-refractivity contribution in [2.45, 2.75) is 13.0 Å². The average Bonchev–Trinajstić information content (AvgIpc) is 2.01. The van der Waals surface area contributed by atoms with Crippen molar-refractivity contribution in [3.8, 4) is 0 Å². The molecule has 0 aliphatic heterocycles. The Kier molecular flexibility index (Phi) is 3.49. The highest BCUT2D eigenvalue weighted by atomic mass is 35.5. The average molecular weight is 235 g/mol. The van der Waals surface area contributed by atoms with Crippen molar-refractivity contribution in [1.82, 2.24) is 4.72 Å². The lowest BCUT2D eigenvalue weighted by atomic mass is 10.1. The summed E-state index contributed by atoms with van der Waals surface area (Å²) in [6.07, 6.45) is 0. The molecule has 1 aromatic carbocycles. The van der Waals surface area contributed by atoms with E-state index in [1.165, 1.54) is 0 Å². The molecule has 0 aromatic heterocycles. The summed E-state index contributed by atoms with van der Waals surface area (Å²) >= 11 is 5.75. The van der Waals surface area contributed by atoms with Gasteiger partial charge in [0.1, 0.15) is 0 Å². The molecule has 0 fully saturated rings. The van der Waals surface area contributed by atoms with Crippen LogP contribution in [0.4, 0.5) is 0 Å². The Morgan fingerprint density at radius 2 is 2.14 bits per heavy atom. The standard InChI is InChI=1S/C8H11ClN2O2S/c1-6(11-14(10,12)13)7-3-2-4-8(9)5-7/h2-6,11H,1H3,(H2,10,12,13). The van der Waals surface area contributed by atoms with Crippen LogP contribution in [0.1, 0.15) is 18.5 Å². The predicted molar refractivity (Wildman–Crippen MR) is 56.1 cm³/mol. The van der Waals surface area contributed by atoms with E-state index in [1.54, 1.807) is 31.2 Å². The molecular formula is C8H11ClN2O2S. The number of rotatable bonds is 3. The first-order valence-corrected chi connectivity index (χ1v) is 5.86. The summed E-state index contributed by atoms with van der Waals surface area (Å²) in [5, 5.41) is 5.40. The molecule has 0 amide bonds. The Balaban J connectivity index is 2.85.